The van der Waals surface area contributed by atoms with Gasteiger partial charge in [0, 0.05) is 11.2 Å². The zero-order valence-corrected chi connectivity index (χ0v) is 9.06. The molecular formula is C7H10N2O3S2. The monoisotopic (exact) mass is 234 g/mol. The zero-order valence-electron chi connectivity index (χ0n) is 7.43. The van der Waals surface area contributed by atoms with Gasteiger partial charge in [-0.2, -0.15) is 0 Å². The van der Waals surface area contributed by atoms with Crippen LogP contribution in [0.2, 0.25) is 0 Å². The van der Waals surface area contributed by atoms with E-state index in [1.807, 2.05) is 0 Å². The topological polar surface area (TPSA) is 101 Å². The fraction of sp³-hybridized carbons (Fsp3) is 0.143. The van der Waals surface area contributed by atoms with E-state index in [0.717, 1.165) is 6.07 Å². The first-order chi connectivity index (χ1) is 6.21. The number of hydrogen-bond acceptors (Lipinski definition) is 4. The van der Waals surface area contributed by atoms with Crippen LogP contribution in [0.5, 0.6) is 0 Å². The lowest BCUT2D eigenvalue weighted by Gasteiger charge is -2.02. The number of primary sulfonamides is 1. The second-order valence-corrected chi connectivity index (χ2v) is 6.58. The van der Waals surface area contributed by atoms with Crippen LogP contribution in [0.3, 0.4) is 0 Å². The Kier molecular flexibility index (Phi) is 2.66. The van der Waals surface area contributed by atoms with Crippen LogP contribution in [-0.2, 0) is 19.8 Å². The largest absolute Gasteiger partial charge is 0.249 e. The molecule has 0 aliphatic rings. The SMILES string of the molecule is CS(=N)(=O)c1cccc(S(N)(=O)=O)c1. The summed E-state index contributed by atoms with van der Waals surface area (Å²) in [6.07, 6.45) is 1.22. The summed E-state index contributed by atoms with van der Waals surface area (Å²) >= 11 is 0. The average molecular weight is 234 g/mol. The molecule has 7 heteroatoms. The van der Waals surface area contributed by atoms with Crippen LogP contribution < -0.4 is 5.14 Å². The Labute approximate surface area is 83.0 Å². The fourth-order valence-corrected chi connectivity index (χ4v) is 2.22. The van der Waals surface area contributed by atoms with Gasteiger partial charge in [-0.3, -0.25) is 0 Å². The normalized spacial score (nSPS) is 16.1. The minimum atomic E-state index is -3.79. The lowest BCUT2D eigenvalue weighted by atomic mass is 10.4. The van der Waals surface area contributed by atoms with Crippen molar-refractivity contribution >= 4 is 19.8 Å². The van der Waals surface area contributed by atoms with E-state index < -0.39 is 19.8 Å². The molecule has 0 saturated carbocycles. The summed E-state index contributed by atoms with van der Waals surface area (Å²) in [5.74, 6) is 0. The molecule has 3 N–H and O–H groups in total. The Hall–Kier alpha value is -0.920. The van der Waals surface area contributed by atoms with Crippen LogP contribution in [0, 0.1) is 4.78 Å². The van der Waals surface area contributed by atoms with E-state index >= 15 is 0 Å². The summed E-state index contributed by atoms with van der Waals surface area (Å²) in [6.45, 7) is 0. The molecule has 78 valence electrons. The van der Waals surface area contributed by atoms with E-state index in [4.69, 9.17) is 9.92 Å². The Morgan fingerprint density at radius 2 is 1.71 bits per heavy atom. The van der Waals surface area contributed by atoms with Crippen LogP contribution in [0.25, 0.3) is 0 Å². The molecule has 0 saturated heterocycles. The maximum atomic E-state index is 11.3. The highest BCUT2D eigenvalue weighted by Crippen LogP contribution is 2.14. The summed E-state index contributed by atoms with van der Waals surface area (Å²) in [5.41, 5.74) is 0. The van der Waals surface area contributed by atoms with Crippen molar-refractivity contribution in [2.24, 2.45) is 5.14 Å². The Balaban J connectivity index is 3.44. The smallest absolute Gasteiger partial charge is 0.238 e. The molecule has 1 atom stereocenters. The van der Waals surface area contributed by atoms with Crippen LogP contribution in [0.1, 0.15) is 0 Å². The zero-order chi connectivity index (χ0) is 11.0. The number of nitrogens with one attached hydrogen (secondary N) is 1. The van der Waals surface area contributed by atoms with Crippen molar-refractivity contribution in [1.82, 2.24) is 0 Å². The van der Waals surface area contributed by atoms with E-state index in [1.54, 1.807) is 0 Å². The lowest BCUT2D eigenvalue weighted by molar-refractivity contribution is 0.597. The predicted molar refractivity (Wildman–Crippen MR) is 52.9 cm³/mol. The van der Waals surface area contributed by atoms with Crippen molar-refractivity contribution < 1.29 is 12.6 Å². The summed E-state index contributed by atoms with van der Waals surface area (Å²) < 4.78 is 40.4. The van der Waals surface area contributed by atoms with E-state index in [1.165, 1.54) is 24.5 Å². The molecule has 0 amide bonds. The van der Waals surface area contributed by atoms with Crippen molar-refractivity contribution in [3.8, 4) is 0 Å². The Bertz CT molecular complexity index is 499. The van der Waals surface area contributed by atoms with Gasteiger partial charge in [0.2, 0.25) is 10.0 Å². The molecule has 0 radical (unpaired) electrons. The van der Waals surface area contributed by atoms with Crippen molar-refractivity contribution in [2.45, 2.75) is 9.79 Å². The number of hydrogen-bond donors (Lipinski definition) is 2. The minimum absolute atomic E-state index is 0.128. The van der Waals surface area contributed by atoms with Crippen LogP contribution in [0.15, 0.2) is 34.1 Å². The molecule has 0 fully saturated rings. The first-order valence-corrected chi connectivity index (χ1v) is 7.09. The van der Waals surface area contributed by atoms with Gasteiger partial charge >= 0.3 is 0 Å². The molecule has 14 heavy (non-hydrogen) atoms. The molecule has 0 aliphatic heterocycles. The lowest BCUT2D eigenvalue weighted by Crippen LogP contribution is -2.12. The Morgan fingerprint density at radius 3 is 2.14 bits per heavy atom. The predicted octanol–water partition coefficient (Wildman–Crippen LogP) is 0.369. The van der Waals surface area contributed by atoms with Gasteiger partial charge in [-0.15, -0.1) is 0 Å². The number of benzene rings is 1. The molecule has 0 aliphatic carbocycles. The van der Waals surface area contributed by atoms with Gasteiger partial charge in [-0.1, -0.05) is 6.07 Å². The molecule has 1 aromatic rings. The first-order valence-electron chi connectivity index (χ1n) is 3.58. The van der Waals surface area contributed by atoms with Gasteiger partial charge in [0.15, 0.2) is 0 Å². The van der Waals surface area contributed by atoms with Crippen LogP contribution in [0.4, 0.5) is 0 Å². The van der Waals surface area contributed by atoms with Gasteiger partial charge in [-0.25, -0.2) is 22.5 Å². The van der Waals surface area contributed by atoms with E-state index in [0.29, 0.717) is 0 Å². The van der Waals surface area contributed by atoms with Gasteiger partial charge in [0.1, 0.15) is 0 Å². The van der Waals surface area contributed by atoms with Gasteiger partial charge in [-0.05, 0) is 18.2 Å². The molecule has 0 spiro atoms. The van der Waals surface area contributed by atoms with Crippen molar-refractivity contribution in [1.29, 1.82) is 4.78 Å². The maximum absolute atomic E-state index is 11.3. The second kappa shape index (κ2) is 3.34. The van der Waals surface area contributed by atoms with Gasteiger partial charge < -0.3 is 0 Å². The standard InChI is InChI=1S/C7H10N2O3S2/c1-13(8,10)6-3-2-4-7(5-6)14(9,11)12/h2-5,8H,1H3,(H2,9,11,12). The molecule has 1 aromatic carbocycles. The number of nitrogens with two attached hydrogens (primary N) is 1. The molecule has 1 unspecified atom stereocenters. The number of rotatable bonds is 2. The maximum Gasteiger partial charge on any atom is 0.238 e. The third-order valence-corrected chi connectivity index (χ3v) is 3.65. The van der Waals surface area contributed by atoms with Crippen LogP contribution in [-0.4, -0.2) is 18.9 Å². The fourth-order valence-electron chi connectivity index (χ4n) is 0.893. The van der Waals surface area contributed by atoms with E-state index in [-0.39, 0.29) is 9.79 Å². The highest BCUT2D eigenvalue weighted by Gasteiger charge is 2.10. The number of sulfonamides is 1. The third kappa shape index (κ3) is 2.53. The Morgan fingerprint density at radius 1 is 1.21 bits per heavy atom. The molecule has 0 aromatic heterocycles. The van der Waals surface area contributed by atoms with E-state index in [2.05, 4.69) is 0 Å². The third-order valence-electron chi connectivity index (χ3n) is 1.58. The van der Waals surface area contributed by atoms with Gasteiger partial charge in [0.25, 0.3) is 0 Å². The minimum Gasteiger partial charge on any atom is -0.249 e. The second-order valence-electron chi connectivity index (χ2n) is 2.86. The highest BCUT2D eigenvalue weighted by molar-refractivity contribution is 7.92. The van der Waals surface area contributed by atoms with Crippen molar-refractivity contribution in [2.75, 3.05) is 6.26 Å². The van der Waals surface area contributed by atoms with Crippen LogP contribution >= 0.6 is 0 Å². The highest BCUT2D eigenvalue weighted by atomic mass is 32.2. The molecule has 1 rings (SSSR count). The quantitative estimate of drug-likeness (QED) is 0.772. The van der Waals surface area contributed by atoms with E-state index in [9.17, 15) is 12.6 Å². The summed E-state index contributed by atoms with van der Waals surface area (Å²) in [7, 11) is -6.70. The average Bonchev–Trinajstić information content (AvgIpc) is 2.01. The molecule has 0 bridgehead atoms. The molecule has 0 heterocycles. The summed E-state index contributed by atoms with van der Waals surface area (Å²) in [5, 5.41) is 4.89. The van der Waals surface area contributed by atoms with Gasteiger partial charge in [0.05, 0.1) is 14.6 Å². The summed E-state index contributed by atoms with van der Waals surface area (Å²) in [4.78, 5) is 0.0286. The first kappa shape index (κ1) is 11.2. The molecular weight excluding hydrogens is 224 g/mol. The van der Waals surface area contributed by atoms with Crippen molar-refractivity contribution in [3.05, 3.63) is 24.3 Å². The summed E-state index contributed by atoms with van der Waals surface area (Å²) in [6, 6.07) is 5.30. The van der Waals surface area contributed by atoms with Crippen molar-refractivity contribution in [3.63, 3.8) is 0 Å². The molecule has 5 nitrogen and oxygen atoms in total.